The van der Waals surface area contributed by atoms with Gasteiger partial charge in [-0.3, -0.25) is 5.01 Å². The lowest BCUT2D eigenvalue weighted by molar-refractivity contribution is 0.405. The van der Waals surface area contributed by atoms with Crippen molar-refractivity contribution in [3.63, 3.8) is 0 Å². The van der Waals surface area contributed by atoms with Gasteiger partial charge in [-0.25, -0.2) is 0 Å². The third-order valence-electron chi connectivity index (χ3n) is 5.51. The quantitative estimate of drug-likeness (QED) is 0.422. The molecule has 1 heterocycles. The maximum absolute atomic E-state index is 5.66. The first-order valence-corrected chi connectivity index (χ1v) is 9.87. The smallest absolute Gasteiger partial charge is 0.124 e. The largest absolute Gasteiger partial charge is 0.496 e. The third kappa shape index (κ3) is 3.25. The van der Waals surface area contributed by atoms with Gasteiger partial charge in [0.2, 0.25) is 0 Å². The molecular formula is C26H22N2O. The van der Waals surface area contributed by atoms with Crippen LogP contribution in [0.2, 0.25) is 0 Å². The first kappa shape index (κ1) is 17.5. The van der Waals surface area contributed by atoms with E-state index in [1.54, 1.807) is 7.11 Å². The van der Waals surface area contributed by atoms with E-state index in [2.05, 4.69) is 83.9 Å². The molecule has 0 fully saturated rings. The Hall–Kier alpha value is -3.59. The lowest BCUT2D eigenvalue weighted by atomic mass is 9.96. The highest BCUT2D eigenvalue weighted by molar-refractivity contribution is 6.05. The molecule has 0 saturated carbocycles. The molecule has 0 aromatic heterocycles. The van der Waals surface area contributed by atoms with Crippen LogP contribution >= 0.6 is 0 Å². The zero-order valence-corrected chi connectivity index (χ0v) is 16.3. The van der Waals surface area contributed by atoms with E-state index in [1.165, 1.54) is 16.3 Å². The van der Waals surface area contributed by atoms with Gasteiger partial charge < -0.3 is 4.74 Å². The van der Waals surface area contributed by atoms with Crippen LogP contribution in [0.1, 0.15) is 23.6 Å². The lowest BCUT2D eigenvalue weighted by Crippen LogP contribution is -2.19. The van der Waals surface area contributed by atoms with Crippen LogP contribution in [0.4, 0.5) is 5.69 Å². The molecule has 142 valence electrons. The van der Waals surface area contributed by atoms with Crippen LogP contribution in [0, 0.1) is 0 Å². The number of para-hydroxylation sites is 2. The van der Waals surface area contributed by atoms with Gasteiger partial charge >= 0.3 is 0 Å². The van der Waals surface area contributed by atoms with Gasteiger partial charge in [0, 0.05) is 12.0 Å². The Labute approximate surface area is 170 Å². The topological polar surface area (TPSA) is 24.8 Å². The molecule has 0 amide bonds. The van der Waals surface area contributed by atoms with E-state index < -0.39 is 0 Å². The zero-order valence-electron chi connectivity index (χ0n) is 16.3. The molecule has 1 atom stereocenters. The molecule has 0 saturated heterocycles. The van der Waals surface area contributed by atoms with E-state index in [0.29, 0.717) is 0 Å². The molecule has 1 aliphatic rings. The molecule has 29 heavy (non-hydrogen) atoms. The molecule has 0 bridgehead atoms. The van der Waals surface area contributed by atoms with Gasteiger partial charge in [0.15, 0.2) is 0 Å². The number of hydrogen-bond donors (Lipinski definition) is 0. The Balaban J connectivity index is 1.60. The summed E-state index contributed by atoms with van der Waals surface area (Å²) in [5, 5.41) is 9.67. The van der Waals surface area contributed by atoms with E-state index in [-0.39, 0.29) is 6.04 Å². The van der Waals surface area contributed by atoms with Crippen molar-refractivity contribution in [1.82, 2.24) is 0 Å². The van der Waals surface area contributed by atoms with Gasteiger partial charge in [0.1, 0.15) is 5.75 Å². The fraction of sp³-hybridized carbons (Fsp3) is 0.115. The molecule has 0 N–H and O–H groups in total. The number of hydrazone groups is 1. The minimum atomic E-state index is 0.0926. The first-order chi connectivity index (χ1) is 14.3. The van der Waals surface area contributed by atoms with Crippen molar-refractivity contribution >= 4 is 22.2 Å². The predicted octanol–water partition coefficient (Wildman–Crippen LogP) is 6.20. The number of benzene rings is 4. The molecule has 0 aliphatic carbocycles. The maximum Gasteiger partial charge on any atom is 0.124 e. The van der Waals surface area contributed by atoms with Crippen molar-refractivity contribution in [3.8, 4) is 5.75 Å². The van der Waals surface area contributed by atoms with Crippen LogP contribution in [0.3, 0.4) is 0 Å². The van der Waals surface area contributed by atoms with Crippen molar-refractivity contribution < 1.29 is 4.74 Å². The third-order valence-corrected chi connectivity index (χ3v) is 5.51. The fourth-order valence-electron chi connectivity index (χ4n) is 4.06. The summed E-state index contributed by atoms with van der Waals surface area (Å²) in [5.41, 5.74) is 4.50. The molecular weight excluding hydrogens is 356 g/mol. The van der Waals surface area contributed by atoms with Crippen molar-refractivity contribution in [3.05, 3.63) is 108 Å². The molecule has 4 aromatic rings. The normalized spacial score (nSPS) is 16.1. The lowest BCUT2D eigenvalue weighted by Gasteiger charge is -2.25. The van der Waals surface area contributed by atoms with Crippen LogP contribution in [0.5, 0.6) is 5.75 Å². The summed E-state index contributed by atoms with van der Waals surface area (Å²) in [4.78, 5) is 0. The van der Waals surface area contributed by atoms with Gasteiger partial charge in [0.05, 0.1) is 24.6 Å². The maximum atomic E-state index is 5.66. The molecule has 0 spiro atoms. The first-order valence-electron chi connectivity index (χ1n) is 9.87. The van der Waals surface area contributed by atoms with E-state index in [1.807, 2.05) is 18.2 Å². The second kappa shape index (κ2) is 7.44. The number of nitrogens with zero attached hydrogens (tertiary/aromatic N) is 2. The average molecular weight is 378 g/mol. The number of hydrogen-bond acceptors (Lipinski definition) is 3. The summed E-state index contributed by atoms with van der Waals surface area (Å²) in [6, 6.07) is 33.7. The second-order valence-corrected chi connectivity index (χ2v) is 7.25. The van der Waals surface area contributed by atoms with Crippen molar-refractivity contribution in [2.75, 3.05) is 12.1 Å². The Kier molecular flexibility index (Phi) is 4.49. The summed E-state index contributed by atoms with van der Waals surface area (Å²) in [5.74, 6) is 0.897. The van der Waals surface area contributed by atoms with Crippen molar-refractivity contribution in [2.24, 2.45) is 5.10 Å². The number of rotatable bonds is 4. The van der Waals surface area contributed by atoms with Crippen molar-refractivity contribution in [2.45, 2.75) is 12.5 Å². The van der Waals surface area contributed by atoms with Gasteiger partial charge in [-0.05, 0) is 40.6 Å². The van der Waals surface area contributed by atoms with Crippen LogP contribution in [0.25, 0.3) is 10.8 Å². The zero-order chi connectivity index (χ0) is 19.6. The van der Waals surface area contributed by atoms with Crippen LogP contribution in [-0.4, -0.2) is 12.8 Å². The van der Waals surface area contributed by atoms with E-state index in [4.69, 9.17) is 9.84 Å². The molecule has 4 aromatic carbocycles. The van der Waals surface area contributed by atoms with E-state index in [9.17, 15) is 0 Å². The van der Waals surface area contributed by atoms with E-state index >= 15 is 0 Å². The molecule has 1 unspecified atom stereocenters. The number of fused-ring (bicyclic) bond motifs is 1. The monoisotopic (exact) mass is 378 g/mol. The standard InChI is InChI=1S/C26H22N2O/c1-29-26-14-8-7-13-23(26)25-18-24(27-28(25)22-11-3-2-4-12-22)21-16-15-19-9-5-6-10-20(19)17-21/h2-17,25H,18H2,1H3. The highest BCUT2D eigenvalue weighted by Crippen LogP contribution is 2.40. The highest BCUT2D eigenvalue weighted by Gasteiger charge is 2.31. The van der Waals surface area contributed by atoms with Gasteiger partial charge in [-0.2, -0.15) is 5.10 Å². The number of ether oxygens (including phenoxy) is 1. The Morgan fingerprint density at radius 1 is 0.793 bits per heavy atom. The van der Waals surface area contributed by atoms with Crippen LogP contribution in [-0.2, 0) is 0 Å². The summed E-state index contributed by atoms with van der Waals surface area (Å²) in [7, 11) is 1.73. The fourth-order valence-corrected chi connectivity index (χ4v) is 4.06. The summed E-state index contributed by atoms with van der Waals surface area (Å²) in [6.07, 6.45) is 0.827. The van der Waals surface area contributed by atoms with Crippen LogP contribution < -0.4 is 9.75 Å². The Bertz CT molecular complexity index is 1180. The molecule has 1 aliphatic heterocycles. The number of anilines is 1. The Morgan fingerprint density at radius 3 is 2.34 bits per heavy atom. The van der Waals surface area contributed by atoms with E-state index in [0.717, 1.165) is 29.1 Å². The summed E-state index contributed by atoms with van der Waals surface area (Å²) >= 11 is 0. The molecule has 3 nitrogen and oxygen atoms in total. The Morgan fingerprint density at radius 2 is 1.52 bits per heavy atom. The minimum absolute atomic E-state index is 0.0926. The SMILES string of the molecule is COc1ccccc1C1CC(c2ccc3ccccc3c2)=NN1c1ccccc1. The molecule has 3 heteroatoms. The van der Waals surface area contributed by atoms with Gasteiger partial charge in [-0.15, -0.1) is 0 Å². The summed E-state index contributed by atoms with van der Waals surface area (Å²) < 4.78 is 5.66. The minimum Gasteiger partial charge on any atom is -0.496 e. The second-order valence-electron chi connectivity index (χ2n) is 7.25. The predicted molar refractivity (Wildman–Crippen MR) is 120 cm³/mol. The van der Waals surface area contributed by atoms with Crippen LogP contribution in [0.15, 0.2) is 102 Å². The highest BCUT2D eigenvalue weighted by atomic mass is 16.5. The number of methoxy groups -OCH3 is 1. The van der Waals surface area contributed by atoms with Gasteiger partial charge in [-0.1, -0.05) is 72.8 Å². The van der Waals surface area contributed by atoms with Gasteiger partial charge in [0.25, 0.3) is 0 Å². The van der Waals surface area contributed by atoms with Crippen molar-refractivity contribution in [1.29, 1.82) is 0 Å². The molecule has 5 rings (SSSR count). The summed E-state index contributed by atoms with van der Waals surface area (Å²) in [6.45, 7) is 0. The molecule has 0 radical (unpaired) electrons. The average Bonchev–Trinajstić information content (AvgIpc) is 3.24.